The molecule has 0 unspecified atom stereocenters. The highest BCUT2D eigenvalue weighted by Gasteiger charge is 2.08. The lowest BCUT2D eigenvalue weighted by atomic mass is 10.1. The van der Waals surface area contributed by atoms with Gasteiger partial charge >= 0.3 is 0 Å². The summed E-state index contributed by atoms with van der Waals surface area (Å²) in [6, 6.07) is 12.2. The molecular weight excluding hydrogens is 352 g/mol. The van der Waals surface area contributed by atoms with Gasteiger partial charge in [0.2, 0.25) is 5.28 Å². The molecule has 0 aliphatic carbocycles. The average Bonchev–Trinajstić information content (AvgIpc) is 2.44. The normalized spacial score (nSPS) is 10.8. The van der Waals surface area contributed by atoms with E-state index in [0.717, 1.165) is 20.9 Å². The zero-order valence-electron chi connectivity index (χ0n) is 11.2. The van der Waals surface area contributed by atoms with Crippen LogP contribution >= 0.6 is 27.5 Å². The zero-order chi connectivity index (χ0) is 15.0. The van der Waals surface area contributed by atoms with Crippen LogP contribution in [0.3, 0.4) is 0 Å². The number of aromatic nitrogens is 2. The Kier molecular flexibility index (Phi) is 3.69. The molecule has 21 heavy (non-hydrogen) atoms. The molecular formula is C15H12BrClN4. The molecule has 1 heterocycles. The third-order valence-electron chi connectivity index (χ3n) is 3.17. The van der Waals surface area contributed by atoms with Gasteiger partial charge in [0.25, 0.3) is 0 Å². The van der Waals surface area contributed by atoms with Crippen LogP contribution in [0, 0.1) is 6.92 Å². The lowest BCUT2D eigenvalue weighted by Gasteiger charge is -2.11. The molecule has 0 saturated heterocycles. The Morgan fingerprint density at radius 3 is 2.62 bits per heavy atom. The zero-order valence-corrected chi connectivity index (χ0v) is 13.5. The van der Waals surface area contributed by atoms with Crippen LogP contribution in [0.5, 0.6) is 0 Å². The molecule has 0 bridgehead atoms. The van der Waals surface area contributed by atoms with Gasteiger partial charge in [-0.25, -0.2) is 4.98 Å². The fraction of sp³-hybridized carbons (Fsp3) is 0.0667. The maximum Gasteiger partial charge on any atom is 0.224 e. The summed E-state index contributed by atoms with van der Waals surface area (Å²) in [5, 5.41) is 5.64. The number of hydrogen-bond acceptors (Lipinski definition) is 4. The molecule has 106 valence electrons. The molecule has 3 rings (SSSR count). The first-order chi connectivity index (χ1) is 10.0. The van der Waals surface area contributed by atoms with Gasteiger partial charge in [0.15, 0.2) is 5.82 Å². The predicted octanol–water partition coefficient (Wildman–Crippen LogP) is 4.68. The summed E-state index contributed by atoms with van der Waals surface area (Å²) in [5.74, 6) is 0.518. The number of aryl methyl sites for hydroxylation is 1. The van der Waals surface area contributed by atoms with Crippen molar-refractivity contribution in [3.8, 4) is 0 Å². The Labute approximate surface area is 135 Å². The topological polar surface area (TPSA) is 63.8 Å². The largest absolute Gasteiger partial charge is 0.394 e. The number of nitrogen functional groups attached to an aromatic ring is 1. The first-order valence-corrected chi connectivity index (χ1v) is 7.46. The van der Waals surface area contributed by atoms with Gasteiger partial charge in [-0.15, -0.1) is 0 Å². The quantitative estimate of drug-likeness (QED) is 0.649. The second kappa shape index (κ2) is 5.50. The number of nitrogens with one attached hydrogen (secondary N) is 1. The van der Waals surface area contributed by atoms with Crippen LogP contribution in [-0.2, 0) is 0 Å². The second-order valence-corrected chi connectivity index (χ2v) is 5.93. The Morgan fingerprint density at radius 2 is 1.81 bits per heavy atom. The summed E-state index contributed by atoms with van der Waals surface area (Å²) >= 11 is 9.34. The Bertz CT molecular complexity index is 835. The molecule has 2 aromatic carbocycles. The molecule has 0 saturated carbocycles. The molecule has 4 nitrogen and oxygen atoms in total. The maximum absolute atomic E-state index is 5.98. The molecule has 0 aliphatic rings. The number of nitrogens with zero attached hydrogens (tertiary/aromatic N) is 2. The van der Waals surface area contributed by atoms with E-state index in [0.29, 0.717) is 17.2 Å². The summed E-state index contributed by atoms with van der Waals surface area (Å²) in [4.78, 5) is 8.15. The molecule has 3 N–H and O–H groups in total. The fourth-order valence-electron chi connectivity index (χ4n) is 2.07. The van der Waals surface area contributed by atoms with Crippen LogP contribution in [0.25, 0.3) is 10.8 Å². The molecule has 0 aliphatic heterocycles. The van der Waals surface area contributed by atoms with E-state index in [1.807, 2.05) is 30.3 Å². The van der Waals surface area contributed by atoms with Crippen LogP contribution in [0.2, 0.25) is 5.28 Å². The molecule has 0 amide bonds. The van der Waals surface area contributed by atoms with E-state index < -0.39 is 0 Å². The number of hydrogen-bond donors (Lipinski definition) is 2. The summed E-state index contributed by atoms with van der Waals surface area (Å²) in [5.41, 5.74) is 8.02. The first-order valence-electron chi connectivity index (χ1n) is 6.29. The van der Waals surface area contributed by atoms with Crippen LogP contribution < -0.4 is 11.1 Å². The van der Waals surface area contributed by atoms with Gasteiger partial charge in [-0.1, -0.05) is 28.1 Å². The first kappa shape index (κ1) is 14.1. The number of anilines is 3. The minimum Gasteiger partial charge on any atom is -0.394 e. The molecule has 0 atom stereocenters. The van der Waals surface area contributed by atoms with Crippen molar-refractivity contribution in [1.29, 1.82) is 0 Å². The third kappa shape index (κ3) is 2.94. The van der Waals surface area contributed by atoms with E-state index in [-0.39, 0.29) is 5.28 Å². The van der Waals surface area contributed by atoms with Crippen molar-refractivity contribution in [3.05, 3.63) is 51.8 Å². The molecule has 0 spiro atoms. The van der Waals surface area contributed by atoms with Gasteiger partial charge in [0.1, 0.15) is 0 Å². The van der Waals surface area contributed by atoms with Gasteiger partial charge in [0.05, 0.1) is 11.4 Å². The van der Waals surface area contributed by atoms with Gasteiger partial charge in [-0.2, -0.15) is 4.98 Å². The van der Waals surface area contributed by atoms with Crippen LogP contribution in [-0.4, -0.2) is 9.97 Å². The van der Waals surface area contributed by atoms with E-state index in [1.165, 1.54) is 0 Å². The van der Waals surface area contributed by atoms with Crippen LogP contribution in [0.15, 0.2) is 40.9 Å². The van der Waals surface area contributed by atoms with Crippen molar-refractivity contribution >= 4 is 55.5 Å². The Hall–Kier alpha value is -1.85. The van der Waals surface area contributed by atoms with Crippen molar-refractivity contribution in [2.75, 3.05) is 11.1 Å². The van der Waals surface area contributed by atoms with Crippen molar-refractivity contribution in [2.45, 2.75) is 6.92 Å². The van der Waals surface area contributed by atoms with Crippen LogP contribution in [0.1, 0.15) is 5.69 Å². The SMILES string of the molecule is Cc1nc(Cl)nc(Nc2ccc3cc(Br)ccc3c2)c1N. The summed E-state index contributed by atoms with van der Waals surface area (Å²) in [7, 11) is 0. The van der Waals surface area contributed by atoms with E-state index in [4.69, 9.17) is 17.3 Å². The Morgan fingerprint density at radius 1 is 1.10 bits per heavy atom. The van der Waals surface area contributed by atoms with E-state index in [9.17, 15) is 0 Å². The minimum atomic E-state index is 0.175. The third-order valence-corrected chi connectivity index (χ3v) is 3.84. The average molecular weight is 364 g/mol. The molecule has 3 aromatic rings. The number of benzene rings is 2. The highest BCUT2D eigenvalue weighted by atomic mass is 79.9. The lowest BCUT2D eigenvalue weighted by Crippen LogP contribution is -2.03. The minimum absolute atomic E-state index is 0.175. The molecule has 6 heteroatoms. The number of nitrogens with two attached hydrogens (primary N) is 1. The van der Waals surface area contributed by atoms with Crippen LogP contribution in [0.4, 0.5) is 17.2 Å². The number of halogens is 2. The van der Waals surface area contributed by atoms with Gasteiger partial charge < -0.3 is 11.1 Å². The van der Waals surface area contributed by atoms with Crippen molar-refractivity contribution in [2.24, 2.45) is 0 Å². The Balaban J connectivity index is 2.00. The summed E-state index contributed by atoms with van der Waals surface area (Å²) in [6.07, 6.45) is 0. The predicted molar refractivity (Wildman–Crippen MR) is 91.1 cm³/mol. The van der Waals surface area contributed by atoms with E-state index in [2.05, 4.69) is 37.3 Å². The van der Waals surface area contributed by atoms with E-state index in [1.54, 1.807) is 6.92 Å². The maximum atomic E-state index is 5.98. The standard InChI is InChI=1S/C15H12BrClN4/c1-8-13(18)14(21-15(17)19-8)20-12-5-3-9-6-11(16)4-2-10(9)7-12/h2-7H,18H2,1H3,(H,19,20,21). The van der Waals surface area contributed by atoms with E-state index >= 15 is 0 Å². The summed E-state index contributed by atoms with van der Waals surface area (Å²) in [6.45, 7) is 1.80. The second-order valence-electron chi connectivity index (χ2n) is 4.67. The van der Waals surface area contributed by atoms with Crippen molar-refractivity contribution in [1.82, 2.24) is 9.97 Å². The number of rotatable bonds is 2. The van der Waals surface area contributed by atoms with Gasteiger partial charge in [0, 0.05) is 10.2 Å². The highest BCUT2D eigenvalue weighted by Crippen LogP contribution is 2.27. The van der Waals surface area contributed by atoms with Crippen molar-refractivity contribution in [3.63, 3.8) is 0 Å². The fourth-order valence-corrected chi connectivity index (χ4v) is 2.66. The molecule has 1 aromatic heterocycles. The molecule has 0 radical (unpaired) electrons. The lowest BCUT2D eigenvalue weighted by molar-refractivity contribution is 1.11. The highest BCUT2D eigenvalue weighted by molar-refractivity contribution is 9.10. The smallest absolute Gasteiger partial charge is 0.224 e. The molecule has 0 fully saturated rings. The summed E-state index contributed by atoms with van der Waals surface area (Å²) < 4.78 is 1.05. The van der Waals surface area contributed by atoms with Gasteiger partial charge in [-0.3, -0.25) is 0 Å². The van der Waals surface area contributed by atoms with Crippen molar-refractivity contribution < 1.29 is 0 Å². The van der Waals surface area contributed by atoms with Gasteiger partial charge in [-0.05, 0) is 53.6 Å². The monoisotopic (exact) mass is 362 g/mol. The number of fused-ring (bicyclic) bond motifs is 1.